The quantitative estimate of drug-likeness (QED) is 0.771. The molecule has 0 aliphatic heterocycles. The predicted octanol–water partition coefficient (Wildman–Crippen LogP) is 1.83. The van der Waals surface area contributed by atoms with E-state index in [1.807, 2.05) is 0 Å². The smallest absolute Gasteiger partial charge is 0.306 e. The summed E-state index contributed by atoms with van der Waals surface area (Å²) in [5, 5.41) is 8.98. The van der Waals surface area contributed by atoms with Gasteiger partial charge in [0.25, 0.3) is 0 Å². The third kappa shape index (κ3) is 2.17. The molecule has 2 rings (SSSR count). The van der Waals surface area contributed by atoms with Crippen molar-refractivity contribution in [2.24, 2.45) is 17.8 Å². The van der Waals surface area contributed by atoms with Gasteiger partial charge in [-0.05, 0) is 45.2 Å². The molecule has 2 fully saturated rings. The average Bonchev–Trinajstić information content (AvgIpc) is 2.72. The van der Waals surface area contributed by atoms with Gasteiger partial charge in [-0.1, -0.05) is 12.8 Å². The van der Waals surface area contributed by atoms with Gasteiger partial charge in [0.2, 0.25) is 0 Å². The Morgan fingerprint density at radius 1 is 1.33 bits per heavy atom. The van der Waals surface area contributed by atoms with Crippen LogP contribution in [0.25, 0.3) is 0 Å². The topological polar surface area (TPSA) is 40.5 Å². The van der Waals surface area contributed by atoms with Gasteiger partial charge in [-0.2, -0.15) is 0 Å². The van der Waals surface area contributed by atoms with E-state index in [0.29, 0.717) is 12.0 Å². The highest BCUT2D eigenvalue weighted by Crippen LogP contribution is 2.48. The normalized spacial score (nSPS) is 33.3. The molecule has 3 unspecified atom stereocenters. The summed E-state index contributed by atoms with van der Waals surface area (Å²) in [5.41, 5.74) is 0. The van der Waals surface area contributed by atoms with Crippen molar-refractivity contribution in [3.05, 3.63) is 0 Å². The molecule has 0 bridgehead atoms. The van der Waals surface area contributed by atoms with E-state index in [2.05, 4.69) is 19.0 Å². The molecule has 15 heavy (non-hydrogen) atoms. The first-order valence-electron chi connectivity index (χ1n) is 6.00. The zero-order chi connectivity index (χ0) is 11.0. The van der Waals surface area contributed by atoms with Gasteiger partial charge in [0, 0.05) is 6.04 Å². The lowest BCUT2D eigenvalue weighted by molar-refractivity contribution is -0.139. The summed E-state index contributed by atoms with van der Waals surface area (Å²) in [6, 6.07) is 0.508. The fourth-order valence-electron chi connectivity index (χ4n) is 3.33. The number of hydrogen-bond donors (Lipinski definition) is 1. The molecule has 0 amide bonds. The Hall–Kier alpha value is -0.570. The summed E-state index contributed by atoms with van der Waals surface area (Å²) in [6.45, 7) is 0. The lowest BCUT2D eigenvalue weighted by Crippen LogP contribution is -2.37. The standard InChI is InChI=1S/C12H21NO2/c1-13(2)11(8-5-3-4-6-8)9-7-10(9)12(14)15/h8-11H,3-7H2,1-2H3,(H,14,15). The van der Waals surface area contributed by atoms with E-state index in [9.17, 15) is 4.79 Å². The number of aliphatic carboxylic acids is 1. The van der Waals surface area contributed by atoms with E-state index >= 15 is 0 Å². The van der Waals surface area contributed by atoms with E-state index in [-0.39, 0.29) is 5.92 Å². The first kappa shape index (κ1) is 10.9. The molecular formula is C12H21NO2. The van der Waals surface area contributed by atoms with Gasteiger partial charge in [-0.15, -0.1) is 0 Å². The number of carbonyl (C=O) groups is 1. The molecule has 2 aliphatic rings. The molecular weight excluding hydrogens is 190 g/mol. The molecule has 2 aliphatic carbocycles. The first-order valence-corrected chi connectivity index (χ1v) is 6.00. The number of carboxylic acids is 1. The maximum Gasteiger partial charge on any atom is 0.306 e. The van der Waals surface area contributed by atoms with Crippen molar-refractivity contribution in [2.75, 3.05) is 14.1 Å². The molecule has 0 aromatic heterocycles. The number of nitrogens with zero attached hydrogens (tertiary/aromatic N) is 1. The van der Waals surface area contributed by atoms with Crippen LogP contribution in [0, 0.1) is 17.8 Å². The maximum atomic E-state index is 10.9. The molecule has 0 saturated heterocycles. The zero-order valence-corrected chi connectivity index (χ0v) is 9.65. The molecule has 0 aromatic rings. The van der Waals surface area contributed by atoms with Crippen molar-refractivity contribution in [1.29, 1.82) is 0 Å². The highest BCUT2D eigenvalue weighted by atomic mass is 16.4. The zero-order valence-electron chi connectivity index (χ0n) is 9.65. The van der Waals surface area contributed by atoms with Crippen LogP contribution in [0.2, 0.25) is 0 Å². The van der Waals surface area contributed by atoms with Gasteiger partial charge in [-0.25, -0.2) is 0 Å². The Kier molecular flexibility index (Phi) is 3.01. The van der Waals surface area contributed by atoms with Crippen molar-refractivity contribution in [1.82, 2.24) is 4.90 Å². The molecule has 1 N–H and O–H groups in total. The van der Waals surface area contributed by atoms with Gasteiger partial charge >= 0.3 is 5.97 Å². The lowest BCUT2D eigenvalue weighted by atomic mass is 9.92. The Morgan fingerprint density at radius 3 is 2.33 bits per heavy atom. The minimum Gasteiger partial charge on any atom is -0.481 e. The molecule has 3 heteroatoms. The second kappa shape index (κ2) is 4.12. The number of hydrogen-bond acceptors (Lipinski definition) is 2. The molecule has 0 heterocycles. The largest absolute Gasteiger partial charge is 0.481 e. The van der Waals surface area contributed by atoms with Crippen LogP contribution in [-0.4, -0.2) is 36.1 Å². The van der Waals surface area contributed by atoms with Crippen LogP contribution in [0.1, 0.15) is 32.1 Å². The van der Waals surface area contributed by atoms with E-state index in [1.54, 1.807) is 0 Å². The first-order chi connectivity index (χ1) is 7.11. The Balaban J connectivity index is 1.98. The monoisotopic (exact) mass is 211 g/mol. The van der Waals surface area contributed by atoms with Crippen LogP contribution in [-0.2, 0) is 4.79 Å². The van der Waals surface area contributed by atoms with Crippen LogP contribution in [0.5, 0.6) is 0 Å². The van der Waals surface area contributed by atoms with Gasteiger partial charge in [0.05, 0.1) is 5.92 Å². The molecule has 3 atom stereocenters. The summed E-state index contributed by atoms with van der Waals surface area (Å²) >= 11 is 0. The van der Waals surface area contributed by atoms with E-state index in [0.717, 1.165) is 12.3 Å². The summed E-state index contributed by atoms with van der Waals surface area (Å²) in [7, 11) is 4.19. The molecule has 86 valence electrons. The Morgan fingerprint density at radius 2 is 1.93 bits per heavy atom. The molecule has 0 spiro atoms. The van der Waals surface area contributed by atoms with Crippen LogP contribution in [0.4, 0.5) is 0 Å². The third-order valence-corrected chi connectivity index (χ3v) is 4.07. The highest BCUT2D eigenvalue weighted by Gasteiger charge is 2.50. The minimum absolute atomic E-state index is 0.0574. The molecule has 0 aromatic carbocycles. The highest BCUT2D eigenvalue weighted by molar-refractivity contribution is 5.73. The van der Waals surface area contributed by atoms with Crippen molar-refractivity contribution in [3.8, 4) is 0 Å². The third-order valence-electron chi connectivity index (χ3n) is 4.07. The Bertz CT molecular complexity index is 246. The van der Waals surface area contributed by atoms with Crippen molar-refractivity contribution >= 4 is 5.97 Å². The molecule has 3 nitrogen and oxygen atoms in total. The van der Waals surface area contributed by atoms with Crippen LogP contribution in [0.3, 0.4) is 0 Å². The summed E-state index contributed by atoms with van der Waals surface area (Å²) < 4.78 is 0. The second-order valence-corrected chi connectivity index (χ2v) is 5.34. The molecule has 2 saturated carbocycles. The summed E-state index contributed by atoms with van der Waals surface area (Å²) in [6.07, 6.45) is 6.16. The lowest BCUT2D eigenvalue weighted by Gasteiger charge is -2.30. The Labute approximate surface area is 91.5 Å². The van der Waals surface area contributed by atoms with E-state index < -0.39 is 5.97 Å². The van der Waals surface area contributed by atoms with E-state index in [1.165, 1.54) is 25.7 Å². The summed E-state index contributed by atoms with van der Waals surface area (Å²) in [4.78, 5) is 13.1. The SMILES string of the molecule is CN(C)C(C1CCCC1)C1CC1C(=O)O. The predicted molar refractivity (Wildman–Crippen MR) is 58.7 cm³/mol. The van der Waals surface area contributed by atoms with E-state index in [4.69, 9.17) is 5.11 Å². The van der Waals surface area contributed by atoms with Gasteiger partial charge in [-0.3, -0.25) is 4.79 Å². The van der Waals surface area contributed by atoms with Gasteiger partial charge < -0.3 is 10.0 Å². The fraction of sp³-hybridized carbons (Fsp3) is 0.917. The van der Waals surface area contributed by atoms with Crippen molar-refractivity contribution in [3.63, 3.8) is 0 Å². The number of rotatable bonds is 4. The van der Waals surface area contributed by atoms with Gasteiger partial charge in [0.1, 0.15) is 0 Å². The molecule has 0 radical (unpaired) electrons. The minimum atomic E-state index is -0.593. The number of carboxylic acid groups (broad SMARTS) is 1. The van der Waals surface area contributed by atoms with Gasteiger partial charge in [0.15, 0.2) is 0 Å². The maximum absolute atomic E-state index is 10.9. The van der Waals surface area contributed by atoms with Crippen LogP contribution < -0.4 is 0 Å². The average molecular weight is 211 g/mol. The second-order valence-electron chi connectivity index (χ2n) is 5.34. The van der Waals surface area contributed by atoms with Crippen LogP contribution in [0.15, 0.2) is 0 Å². The van der Waals surface area contributed by atoms with Crippen molar-refractivity contribution < 1.29 is 9.90 Å². The van der Waals surface area contributed by atoms with Crippen molar-refractivity contribution in [2.45, 2.75) is 38.1 Å². The fourth-order valence-corrected chi connectivity index (χ4v) is 3.33. The van der Waals surface area contributed by atoms with Crippen LogP contribution >= 0.6 is 0 Å². The summed E-state index contributed by atoms with van der Waals surface area (Å²) in [5.74, 6) is 0.512.